The van der Waals surface area contributed by atoms with Crippen molar-refractivity contribution in [2.45, 2.75) is 20.3 Å². The molecule has 0 bridgehead atoms. The van der Waals surface area contributed by atoms with E-state index in [4.69, 9.17) is 14.5 Å². The smallest absolute Gasteiger partial charge is 0.244 e. The average Bonchev–Trinajstić information content (AvgIpc) is 3.30. The molecule has 0 fully saturated rings. The maximum Gasteiger partial charge on any atom is 0.244 e. The van der Waals surface area contributed by atoms with Crippen molar-refractivity contribution in [3.8, 4) is 11.5 Å². The highest BCUT2D eigenvalue weighted by molar-refractivity contribution is 7.12. The van der Waals surface area contributed by atoms with E-state index in [0.29, 0.717) is 34.3 Å². The molecule has 1 N–H and O–H groups in total. The number of anilines is 2. The van der Waals surface area contributed by atoms with Gasteiger partial charge in [-0.15, -0.1) is 11.3 Å². The first-order valence-electron chi connectivity index (χ1n) is 10.4. The molecule has 170 valence electrons. The molecule has 0 unspecified atom stereocenters. The third-order valence-electron chi connectivity index (χ3n) is 5.50. The van der Waals surface area contributed by atoms with Crippen molar-refractivity contribution >= 4 is 45.9 Å². The van der Waals surface area contributed by atoms with Crippen molar-refractivity contribution in [2.75, 3.05) is 31.0 Å². The van der Waals surface area contributed by atoms with Crippen LogP contribution in [-0.4, -0.2) is 38.3 Å². The minimum Gasteiger partial charge on any atom is -0.497 e. The molecule has 0 radical (unpaired) electrons. The number of methoxy groups -OCH3 is 2. The molecule has 8 heteroatoms. The summed E-state index contributed by atoms with van der Waals surface area (Å²) in [5.41, 5.74) is 4.65. The fraction of sp³-hybridized carbons (Fsp3) is 0.240. The van der Waals surface area contributed by atoms with Crippen LogP contribution in [0.2, 0.25) is 0 Å². The van der Waals surface area contributed by atoms with Gasteiger partial charge in [-0.1, -0.05) is 6.07 Å². The van der Waals surface area contributed by atoms with Crippen LogP contribution in [0.25, 0.3) is 0 Å². The van der Waals surface area contributed by atoms with E-state index >= 15 is 0 Å². The molecule has 0 saturated carbocycles. The second-order valence-corrected chi connectivity index (χ2v) is 8.71. The quantitative estimate of drug-likeness (QED) is 0.565. The average molecular weight is 464 g/mol. The number of benzene rings is 2. The minimum absolute atomic E-state index is 0.119. The highest BCUT2D eigenvalue weighted by Crippen LogP contribution is 2.36. The lowest BCUT2D eigenvalue weighted by atomic mass is 10.1. The molecule has 1 aliphatic rings. The van der Waals surface area contributed by atoms with E-state index in [2.05, 4.69) is 5.32 Å². The van der Waals surface area contributed by atoms with Crippen LogP contribution in [-0.2, 0) is 9.59 Å². The Morgan fingerprint density at radius 1 is 1.09 bits per heavy atom. The van der Waals surface area contributed by atoms with Gasteiger partial charge in [0.05, 0.1) is 37.7 Å². The molecule has 33 heavy (non-hydrogen) atoms. The van der Waals surface area contributed by atoms with Crippen LogP contribution in [0.1, 0.15) is 22.4 Å². The molecule has 0 aliphatic carbocycles. The molecule has 2 amide bonds. The van der Waals surface area contributed by atoms with Gasteiger partial charge >= 0.3 is 0 Å². The van der Waals surface area contributed by atoms with Crippen LogP contribution in [0.15, 0.2) is 52.8 Å². The van der Waals surface area contributed by atoms with Crippen molar-refractivity contribution in [1.29, 1.82) is 0 Å². The van der Waals surface area contributed by atoms with Gasteiger partial charge in [-0.3, -0.25) is 9.59 Å². The number of rotatable bonds is 6. The topological polar surface area (TPSA) is 80.2 Å². The van der Waals surface area contributed by atoms with E-state index in [0.717, 1.165) is 16.0 Å². The van der Waals surface area contributed by atoms with Gasteiger partial charge in [0.2, 0.25) is 11.8 Å². The van der Waals surface area contributed by atoms with E-state index in [1.54, 1.807) is 43.8 Å². The third-order valence-corrected chi connectivity index (χ3v) is 6.42. The Morgan fingerprint density at radius 2 is 1.79 bits per heavy atom. The molecule has 2 aromatic carbocycles. The van der Waals surface area contributed by atoms with Crippen LogP contribution >= 0.6 is 11.3 Å². The van der Waals surface area contributed by atoms with E-state index in [-0.39, 0.29) is 24.8 Å². The number of aliphatic imine (C=N–C) groups is 1. The van der Waals surface area contributed by atoms with Gasteiger partial charge in [-0.25, -0.2) is 4.99 Å². The summed E-state index contributed by atoms with van der Waals surface area (Å²) in [4.78, 5) is 33.6. The minimum atomic E-state index is -0.331. The number of aryl methyl sites for hydroxylation is 2. The van der Waals surface area contributed by atoms with E-state index in [1.807, 2.05) is 43.5 Å². The van der Waals surface area contributed by atoms with Crippen molar-refractivity contribution < 1.29 is 19.1 Å². The monoisotopic (exact) mass is 463 g/mol. The Bertz CT molecular complexity index is 1210. The first-order chi connectivity index (χ1) is 15.9. The fourth-order valence-corrected chi connectivity index (χ4v) is 4.35. The Labute approximate surface area is 196 Å². The Hall–Kier alpha value is -3.65. The van der Waals surface area contributed by atoms with Gasteiger partial charge in [-0.05, 0) is 48.6 Å². The Morgan fingerprint density at radius 3 is 2.42 bits per heavy atom. The number of carbonyl (C=O) groups is 2. The molecule has 1 aromatic heterocycles. The van der Waals surface area contributed by atoms with E-state index < -0.39 is 0 Å². The number of hydrogen-bond acceptors (Lipinski definition) is 6. The SMILES string of the molecule is COc1cc(NC(=O)CN2C(=O)CC(c3cccs3)=Nc3cc(C)c(C)cc32)cc(OC)c1. The number of fused-ring (bicyclic) bond motifs is 1. The van der Waals surface area contributed by atoms with Crippen LogP contribution in [0.4, 0.5) is 17.1 Å². The molecule has 0 saturated heterocycles. The number of nitrogens with zero attached hydrogens (tertiary/aromatic N) is 2. The van der Waals surface area contributed by atoms with Crippen molar-refractivity contribution in [2.24, 2.45) is 4.99 Å². The zero-order valence-electron chi connectivity index (χ0n) is 19.0. The van der Waals surface area contributed by atoms with Crippen molar-refractivity contribution in [3.05, 3.63) is 63.8 Å². The Kier molecular flexibility index (Phi) is 6.46. The van der Waals surface area contributed by atoms with Gasteiger partial charge < -0.3 is 19.7 Å². The van der Waals surface area contributed by atoms with Gasteiger partial charge in [0, 0.05) is 28.8 Å². The summed E-state index contributed by atoms with van der Waals surface area (Å²) in [6, 6.07) is 12.9. The number of thiophene rings is 1. The predicted molar refractivity (Wildman–Crippen MR) is 132 cm³/mol. The molecule has 2 heterocycles. The first kappa shape index (κ1) is 22.5. The van der Waals surface area contributed by atoms with E-state index in [1.165, 1.54) is 4.90 Å². The molecule has 0 spiro atoms. The Balaban J connectivity index is 1.64. The summed E-state index contributed by atoms with van der Waals surface area (Å²) >= 11 is 1.54. The predicted octanol–water partition coefficient (Wildman–Crippen LogP) is 4.88. The summed E-state index contributed by atoms with van der Waals surface area (Å²) < 4.78 is 10.5. The fourth-order valence-electron chi connectivity index (χ4n) is 3.63. The molecular weight excluding hydrogens is 438 g/mol. The molecule has 4 rings (SSSR count). The van der Waals surface area contributed by atoms with Crippen LogP contribution < -0.4 is 19.7 Å². The van der Waals surface area contributed by atoms with Gasteiger partial charge in [-0.2, -0.15) is 0 Å². The summed E-state index contributed by atoms with van der Waals surface area (Å²) in [5, 5.41) is 4.81. The number of hydrogen-bond donors (Lipinski definition) is 1. The lowest BCUT2D eigenvalue weighted by Crippen LogP contribution is -2.38. The van der Waals surface area contributed by atoms with Gasteiger partial charge in [0.25, 0.3) is 0 Å². The van der Waals surface area contributed by atoms with E-state index in [9.17, 15) is 9.59 Å². The zero-order chi connectivity index (χ0) is 23.5. The largest absolute Gasteiger partial charge is 0.497 e. The normalized spacial score (nSPS) is 13.2. The molecule has 1 aliphatic heterocycles. The lowest BCUT2D eigenvalue weighted by molar-refractivity contribution is -0.120. The van der Waals surface area contributed by atoms with Gasteiger partial charge in [0.1, 0.15) is 18.0 Å². The zero-order valence-corrected chi connectivity index (χ0v) is 19.8. The summed E-state index contributed by atoms with van der Waals surface area (Å²) in [7, 11) is 3.09. The summed E-state index contributed by atoms with van der Waals surface area (Å²) in [6.45, 7) is 3.85. The third kappa shape index (κ3) is 4.90. The van der Waals surface area contributed by atoms with Gasteiger partial charge in [0.15, 0.2) is 0 Å². The number of ether oxygens (including phenoxy) is 2. The molecule has 3 aromatic rings. The summed E-state index contributed by atoms with van der Waals surface area (Å²) in [6.07, 6.45) is 0.119. The molecular formula is C25H25N3O4S. The maximum absolute atomic E-state index is 13.3. The number of nitrogens with one attached hydrogen (secondary N) is 1. The molecule has 7 nitrogen and oxygen atoms in total. The highest BCUT2D eigenvalue weighted by Gasteiger charge is 2.27. The number of carbonyl (C=O) groups excluding carboxylic acids is 2. The number of amides is 2. The lowest BCUT2D eigenvalue weighted by Gasteiger charge is -2.23. The highest BCUT2D eigenvalue weighted by atomic mass is 32.1. The van der Waals surface area contributed by atoms with Crippen molar-refractivity contribution in [1.82, 2.24) is 0 Å². The van der Waals surface area contributed by atoms with Crippen LogP contribution in [0.3, 0.4) is 0 Å². The summed E-state index contributed by atoms with van der Waals surface area (Å²) in [5.74, 6) is 0.604. The standard InChI is InChI=1S/C25H25N3O4S/c1-15-8-20-22(9-16(15)2)28(25(30)13-21(27-20)23-6-5-7-33-23)14-24(29)26-17-10-18(31-3)12-19(11-17)32-4/h5-12H,13-14H2,1-4H3,(H,26,29). The van der Waals surface area contributed by atoms with Crippen LogP contribution in [0.5, 0.6) is 11.5 Å². The molecule has 0 atom stereocenters. The van der Waals surface area contributed by atoms with Crippen LogP contribution in [0, 0.1) is 13.8 Å². The maximum atomic E-state index is 13.3. The van der Waals surface area contributed by atoms with Crippen molar-refractivity contribution in [3.63, 3.8) is 0 Å². The first-order valence-corrected chi connectivity index (χ1v) is 11.3. The second-order valence-electron chi connectivity index (χ2n) is 7.77. The second kappa shape index (κ2) is 9.46.